The van der Waals surface area contributed by atoms with Gasteiger partial charge in [0.1, 0.15) is 11.3 Å². The maximum Gasteiger partial charge on any atom is 0.339 e. The zero-order valence-corrected chi connectivity index (χ0v) is 27.9. The van der Waals surface area contributed by atoms with Gasteiger partial charge in [0, 0.05) is 27.3 Å². The Morgan fingerprint density at radius 2 is 1.80 bits per heavy atom. The van der Waals surface area contributed by atoms with E-state index in [-0.39, 0.29) is 22.8 Å². The molecule has 2 aromatic carbocycles. The molecule has 0 saturated heterocycles. The predicted octanol–water partition coefficient (Wildman–Crippen LogP) is 8.63. The second-order valence-corrected chi connectivity index (χ2v) is 14.7. The van der Waals surface area contributed by atoms with Crippen LogP contribution in [0.3, 0.4) is 0 Å². The number of aromatic carboxylic acids is 1. The van der Waals surface area contributed by atoms with Gasteiger partial charge in [-0.25, -0.2) is 4.79 Å². The number of methoxy groups -OCH3 is 1. The summed E-state index contributed by atoms with van der Waals surface area (Å²) in [5.41, 5.74) is 8.57. The highest BCUT2D eigenvalue weighted by molar-refractivity contribution is 7.98. The van der Waals surface area contributed by atoms with E-state index >= 15 is 0 Å². The van der Waals surface area contributed by atoms with E-state index in [1.807, 2.05) is 22.9 Å². The minimum Gasteiger partial charge on any atom is -0.497 e. The van der Waals surface area contributed by atoms with Gasteiger partial charge in [0.15, 0.2) is 0 Å². The molecular formula is C37H42N4O4S. The summed E-state index contributed by atoms with van der Waals surface area (Å²) in [6.45, 7) is 6.37. The van der Waals surface area contributed by atoms with E-state index in [1.54, 1.807) is 14.0 Å². The van der Waals surface area contributed by atoms with Gasteiger partial charge in [0.05, 0.1) is 36.8 Å². The number of rotatable bonds is 8. The van der Waals surface area contributed by atoms with Gasteiger partial charge in [-0.05, 0) is 110 Å². The molecule has 0 bridgehead atoms. The zero-order valence-electron chi connectivity index (χ0n) is 27.1. The highest BCUT2D eigenvalue weighted by Crippen LogP contribution is 2.48. The number of fused-ring (bicyclic) bond motifs is 5. The van der Waals surface area contributed by atoms with E-state index in [0.29, 0.717) is 29.4 Å². The number of carbonyl (C=O) groups excluding carboxylic acids is 1. The van der Waals surface area contributed by atoms with E-state index < -0.39 is 5.97 Å². The summed E-state index contributed by atoms with van der Waals surface area (Å²) in [4.78, 5) is 26.1. The predicted molar refractivity (Wildman–Crippen MR) is 185 cm³/mol. The van der Waals surface area contributed by atoms with Gasteiger partial charge >= 0.3 is 5.97 Å². The lowest BCUT2D eigenvalue weighted by Gasteiger charge is -2.28. The SMILES string of the molecule is COc1ccc2c(c1)C=C(c1c(C(=O)O)c(C)nn1C1CCC1)Cn1c-2c(C2CCCCC2)c2ccc(C(=O)NSC(C)C)cc21. The number of aryl methyl sites for hydroxylation is 1. The van der Waals surface area contributed by atoms with Crippen LogP contribution in [0.2, 0.25) is 0 Å². The van der Waals surface area contributed by atoms with Crippen molar-refractivity contribution in [2.75, 3.05) is 7.11 Å². The third kappa shape index (κ3) is 5.32. The minimum absolute atomic E-state index is 0.114. The van der Waals surface area contributed by atoms with Crippen LogP contribution in [0, 0.1) is 6.92 Å². The number of hydrogen-bond donors (Lipinski definition) is 2. The number of nitrogens with zero attached hydrogens (tertiary/aromatic N) is 3. The van der Waals surface area contributed by atoms with Crippen LogP contribution in [0.4, 0.5) is 0 Å². The van der Waals surface area contributed by atoms with E-state index in [9.17, 15) is 14.7 Å². The summed E-state index contributed by atoms with van der Waals surface area (Å²) in [5, 5.41) is 16.7. The Balaban J connectivity index is 1.50. The van der Waals surface area contributed by atoms with Gasteiger partial charge in [-0.15, -0.1) is 0 Å². The number of aromatic nitrogens is 3. The number of ether oxygens (including phenoxy) is 1. The fourth-order valence-corrected chi connectivity index (χ4v) is 8.02. The topological polar surface area (TPSA) is 98.4 Å². The molecule has 8 nitrogen and oxygen atoms in total. The Morgan fingerprint density at radius 3 is 2.48 bits per heavy atom. The molecule has 2 fully saturated rings. The van der Waals surface area contributed by atoms with Crippen molar-refractivity contribution in [3.8, 4) is 17.0 Å². The van der Waals surface area contributed by atoms with Crippen molar-refractivity contribution in [2.24, 2.45) is 0 Å². The third-order valence-electron chi connectivity index (χ3n) is 9.96. The largest absolute Gasteiger partial charge is 0.497 e. The Bertz CT molecular complexity index is 1870. The summed E-state index contributed by atoms with van der Waals surface area (Å²) in [5.74, 6) is 0.0762. The average Bonchev–Trinajstić information content (AvgIpc) is 3.46. The molecule has 9 heteroatoms. The highest BCUT2D eigenvalue weighted by atomic mass is 32.2. The lowest BCUT2D eigenvalue weighted by atomic mass is 9.81. The Kier molecular flexibility index (Phi) is 8.21. The Hall–Kier alpha value is -3.98. The van der Waals surface area contributed by atoms with Crippen molar-refractivity contribution in [3.05, 3.63) is 70.0 Å². The molecule has 4 aromatic rings. The van der Waals surface area contributed by atoms with Crippen LogP contribution in [0.15, 0.2) is 36.4 Å². The lowest BCUT2D eigenvalue weighted by Crippen LogP contribution is -2.21. The van der Waals surface area contributed by atoms with Crippen LogP contribution in [-0.4, -0.2) is 43.7 Å². The van der Waals surface area contributed by atoms with Gasteiger partial charge in [-0.2, -0.15) is 5.10 Å². The van der Waals surface area contributed by atoms with E-state index in [1.165, 1.54) is 42.2 Å². The summed E-state index contributed by atoms with van der Waals surface area (Å²) >= 11 is 1.42. The van der Waals surface area contributed by atoms with Crippen molar-refractivity contribution in [2.45, 2.75) is 95.9 Å². The van der Waals surface area contributed by atoms with Crippen LogP contribution >= 0.6 is 11.9 Å². The van der Waals surface area contributed by atoms with Crippen molar-refractivity contribution in [1.82, 2.24) is 19.1 Å². The molecular weight excluding hydrogens is 596 g/mol. The monoisotopic (exact) mass is 638 g/mol. The molecule has 2 saturated carbocycles. The van der Waals surface area contributed by atoms with Crippen LogP contribution in [-0.2, 0) is 6.54 Å². The normalized spacial score (nSPS) is 16.8. The fraction of sp³-hybridized carbons (Fsp3) is 0.432. The summed E-state index contributed by atoms with van der Waals surface area (Å²) in [6.07, 6.45) is 11.1. The molecule has 2 aliphatic carbocycles. The van der Waals surface area contributed by atoms with Crippen molar-refractivity contribution >= 4 is 46.4 Å². The first kappa shape index (κ1) is 30.7. The van der Waals surface area contributed by atoms with Crippen molar-refractivity contribution in [3.63, 3.8) is 0 Å². The molecule has 0 spiro atoms. The molecule has 0 atom stereocenters. The number of benzene rings is 2. The number of nitrogens with one attached hydrogen (secondary N) is 1. The maximum atomic E-state index is 13.3. The molecule has 1 amide bonds. The maximum absolute atomic E-state index is 13.3. The average molecular weight is 639 g/mol. The van der Waals surface area contributed by atoms with Crippen molar-refractivity contribution in [1.29, 1.82) is 0 Å². The molecule has 3 aliphatic rings. The van der Waals surface area contributed by atoms with Crippen LogP contribution in [0.1, 0.15) is 120 Å². The molecule has 46 heavy (non-hydrogen) atoms. The quantitative estimate of drug-likeness (QED) is 0.188. The molecule has 0 unspecified atom stereocenters. The summed E-state index contributed by atoms with van der Waals surface area (Å²) in [7, 11) is 1.68. The Morgan fingerprint density at radius 1 is 1.02 bits per heavy atom. The smallest absolute Gasteiger partial charge is 0.339 e. The minimum atomic E-state index is -0.962. The zero-order chi connectivity index (χ0) is 32.1. The fourth-order valence-electron chi connectivity index (χ4n) is 7.56. The molecule has 7 rings (SSSR count). The molecule has 240 valence electrons. The highest BCUT2D eigenvalue weighted by Gasteiger charge is 2.34. The van der Waals surface area contributed by atoms with Crippen LogP contribution in [0.5, 0.6) is 5.75 Å². The number of carboxylic acid groups (broad SMARTS) is 1. The molecule has 1 aliphatic heterocycles. The number of hydrogen-bond acceptors (Lipinski definition) is 5. The molecule has 0 radical (unpaired) electrons. The van der Waals surface area contributed by atoms with Gasteiger partial charge in [0.2, 0.25) is 0 Å². The first-order valence-corrected chi connectivity index (χ1v) is 17.5. The summed E-state index contributed by atoms with van der Waals surface area (Å²) < 4.78 is 13.0. The number of allylic oxidation sites excluding steroid dienone is 1. The lowest BCUT2D eigenvalue weighted by molar-refractivity contribution is 0.0695. The molecule has 3 heterocycles. The van der Waals surface area contributed by atoms with Crippen molar-refractivity contribution < 1.29 is 19.4 Å². The third-order valence-corrected chi connectivity index (χ3v) is 10.7. The van der Waals surface area contributed by atoms with E-state index in [0.717, 1.165) is 65.8 Å². The number of carbonyl (C=O) groups is 2. The van der Waals surface area contributed by atoms with Gasteiger partial charge in [0.25, 0.3) is 5.91 Å². The molecule has 2 aromatic heterocycles. The first-order valence-electron chi connectivity index (χ1n) is 16.6. The number of carboxylic acids is 1. The first-order chi connectivity index (χ1) is 22.2. The van der Waals surface area contributed by atoms with E-state index in [2.05, 4.69) is 47.4 Å². The van der Waals surface area contributed by atoms with Crippen LogP contribution < -0.4 is 9.46 Å². The Labute approximate surface area is 274 Å². The molecule has 2 N–H and O–H groups in total. The van der Waals surface area contributed by atoms with Gasteiger partial charge < -0.3 is 14.4 Å². The van der Waals surface area contributed by atoms with E-state index in [4.69, 9.17) is 9.84 Å². The second kappa shape index (κ2) is 12.3. The van der Waals surface area contributed by atoms with Gasteiger partial charge in [-0.3, -0.25) is 14.2 Å². The van der Waals surface area contributed by atoms with Gasteiger partial charge in [-0.1, -0.05) is 39.2 Å². The van der Waals surface area contributed by atoms with Crippen LogP contribution in [0.25, 0.3) is 33.8 Å². The second-order valence-electron chi connectivity index (χ2n) is 13.3. The standard InChI is InChI=1S/C37H42N4O4S/c1-21(2)46-39-36(42)24-13-15-30-31(19-24)40-20-26(34-32(37(43)44)22(3)38-41(34)27-11-8-12-27)17-25-18-28(45-4)14-16-29(25)35(40)33(30)23-9-6-5-7-10-23/h13-19,21,23,27H,5-12,20H2,1-4H3,(H,39,42)(H,43,44). The summed E-state index contributed by atoms with van der Waals surface area (Å²) in [6, 6.07) is 12.5. The number of amides is 1.